The maximum Gasteiger partial charge on any atom is 0.101 e. The number of hydrogen-bond acceptors (Lipinski definition) is 6. The first-order chi connectivity index (χ1) is 23.2. The van der Waals surface area contributed by atoms with Gasteiger partial charge in [0.15, 0.2) is 0 Å². The molecule has 7 aromatic rings. The molecule has 5 aromatic carbocycles. The summed E-state index contributed by atoms with van der Waals surface area (Å²) < 4.78 is 3.86. The minimum absolute atomic E-state index is 0.148. The normalized spacial score (nSPS) is 10.8. The molecule has 0 spiro atoms. The first kappa shape index (κ1) is 29.4. The lowest BCUT2D eigenvalue weighted by atomic mass is 10.0. The molecule has 0 aliphatic heterocycles. The third-order valence-corrected chi connectivity index (χ3v) is 9.23. The smallest absolute Gasteiger partial charge is 0.101 e. The molecule has 0 bridgehead atoms. The molecule has 0 aliphatic carbocycles. The zero-order valence-electron chi connectivity index (χ0n) is 26.4. The van der Waals surface area contributed by atoms with Gasteiger partial charge in [0.05, 0.1) is 91.1 Å². The van der Waals surface area contributed by atoms with Crippen LogP contribution in [0.5, 0.6) is 0 Å². The van der Waals surface area contributed by atoms with E-state index in [1.165, 1.54) is 0 Å². The van der Waals surface area contributed by atoms with Crippen molar-refractivity contribution in [3.63, 3.8) is 0 Å². The Labute approximate surface area is 275 Å². The lowest BCUT2D eigenvalue weighted by molar-refractivity contribution is 1.09. The molecule has 222 valence electrons. The SMILES string of the molecule is Cc1cc2c3cc(C)c(C#N)cc3n(-c3cc(C#N)c(C#N)cc3-n3c4cc(C#N)c(C)cc4c4cc(C)c(C#N)cc43)c2cc1C#N. The van der Waals surface area contributed by atoms with Gasteiger partial charge in [-0.3, -0.25) is 0 Å². The van der Waals surface area contributed by atoms with Crippen molar-refractivity contribution in [2.45, 2.75) is 27.7 Å². The summed E-state index contributed by atoms with van der Waals surface area (Å²) in [5.74, 6) is 0. The van der Waals surface area contributed by atoms with E-state index in [1.807, 2.05) is 61.1 Å². The number of aromatic nitrogens is 2. The van der Waals surface area contributed by atoms with Crippen LogP contribution in [0.3, 0.4) is 0 Å². The van der Waals surface area contributed by atoms with Gasteiger partial charge in [-0.25, -0.2) is 0 Å². The predicted octanol–water partition coefficient (Wildman–Crippen LogP) is 8.34. The highest BCUT2D eigenvalue weighted by Gasteiger charge is 2.24. The zero-order chi connectivity index (χ0) is 34.0. The number of fused-ring (bicyclic) bond motifs is 6. The molecular formula is C40H22N8. The first-order valence-corrected chi connectivity index (χ1v) is 15.0. The number of benzene rings is 5. The van der Waals surface area contributed by atoms with Crippen LogP contribution in [0, 0.1) is 95.7 Å². The fourth-order valence-corrected chi connectivity index (χ4v) is 6.77. The number of nitriles is 6. The van der Waals surface area contributed by atoms with Crippen molar-refractivity contribution in [1.82, 2.24) is 9.13 Å². The van der Waals surface area contributed by atoms with E-state index in [1.54, 1.807) is 36.4 Å². The second-order valence-electron chi connectivity index (χ2n) is 12.0. The lowest BCUT2D eigenvalue weighted by Crippen LogP contribution is -2.06. The van der Waals surface area contributed by atoms with Gasteiger partial charge in [-0.05, 0) is 111 Å². The van der Waals surface area contributed by atoms with Crippen molar-refractivity contribution in [2.24, 2.45) is 0 Å². The van der Waals surface area contributed by atoms with E-state index in [0.717, 1.165) is 43.8 Å². The third kappa shape index (κ3) is 4.02. The van der Waals surface area contributed by atoms with Crippen LogP contribution in [0.25, 0.3) is 55.0 Å². The highest BCUT2D eigenvalue weighted by Crippen LogP contribution is 2.41. The number of aryl methyl sites for hydroxylation is 4. The van der Waals surface area contributed by atoms with Gasteiger partial charge in [0.25, 0.3) is 0 Å². The molecule has 0 fully saturated rings. The molecule has 0 radical (unpaired) electrons. The Morgan fingerprint density at radius 1 is 0.333 bits per heavy atom. The highest BCUT2D eigenvalue weighted by molar-refractivity contribution is 6.13. The van der Waals surface area contributed by atoms with Gasteiger partial charge >= 0.3 is 0 Å². The minimum atomic E-state index is 0.148. The monoisotopic (exact) mass is 614 g/mol. The standard InChI is InChI=1S/C40H22N8/c1-21-5-31-32-6-22(2)26(16-42)10-36(32)47(35(31)9-25(21)15-41)39-13-29(19-45)30(20-46)14-40(39)48-37-11-27(17-43)23(3)7-33(37)34-8-24(4)28(18-44)12-38(34)48/h5-14H,1-4H3. The lowest BCUT2D eigenvalue weighted by Gasteiger charge is -2.18. The molecule has 2 aromatic heterocycles. The van der Waals surface area contributed by atoms with Crippen molar-refractivity contribution < 1.29 is 0 Å². The maximum atomic E-state index is 10.2. The molecule has 0 amide bonds. The van der Waals surface area contributed by atoms with Gasteiger partial charge in [-0.1, -0.05) is 0 Å². The minimum Gasteiger partial charge on any atom is -0.307 e. The van der Waals surface area contributed by atoms with Crippen LogP contribution in [0.4, 0.5) is 0 Å². The van der Waals surface area contributed by atoms with Crippen molar-refractivity contribution in [3.05, 3.63) is 116 Å². The van der Waals surface area contributed by atoms with Gasteiger partial charge in [0.1, 0.15) is 12.1 Å². The van der Waals surface area contributed by atoms with Gasteiger partial charge < -0.3 is 9.13 Å². The van der Waals surface area contributed by atoms with Gasteiger partial charge in [-0.2, -0.15) is 31.6 Å². The summed E-state index contributed by atoms with van der Waals surface area (Å²) in [6, 6.07) is 31.8. The average molecular weight is 615 g/mol. The summed E-state index contributed by atoms with van der Waals surface area (Å²) in [6.07, 6.45) is 0. The number of rotatable bonds is 2. The van der Waals surface area contributed by atoms with Crippen molar-refractivity contribution >= 4 is 43.6 Å². The molecule has 0 saturated carbocycles. The summed E-state index contributed by atoms with van der Waals surface area (Å²) in [4.78, 5) is 0. The number of nitrogens with zero attached hydrogens (tertiary/aromatic N) is 8. The fourth-order valence-electron chi connectivity index (χ4n) is 6.77. The Kier molecular flexibility index (Phi) is 6.50. The van der Waals surface area contributed by atoms with E-state index < -0.39 is 0 Å². The van der Waals surface area contributed by atoms with Crippen LogP contribution in [-0.2, 0) is 0 Å². The van der Waals surface area contributed by atoms with Crippen molar-refractivity contribution in [3.8, 4) is 47.8 Å². The van der Waals surface area contributed by atoms with E-state index in [0.29, 0.717) is 55.7 Å². The molecule has 2 heterocycles. The Morgan fingerprint density at radius 3 is 0.771 bits per heavy atom. The van der Waals surface area contributed by atoms with E-state index in [2.05, 4.69) is 36.4 Å². The number of hydrogen-bond donors (Lipinski definition) is 0. The fraction of sp³-hybridized carbons (Fsp3) is 0.100. The molecule has 7 rings (SSSR count). The predicted molar refractivity (Wildman–Crippen MR) is 182 cm³/mol. The van der Waals surface area contributed by atoms with E-state index in [-0.39, 0.29) is 11.1 Å². The van der Waals surface area contributed by atoms with Crippen LogP contribution in [-0.4, -0.2) is 9.13 Å². The molecule has 0 N–H and O–H groups in total. The average Bonchev–Trinajstić information content (AvgIpc) is 3.55. The van der Waals surface area contributed by atoms with Crippen LogP contribution < -0.4 is 0 Å². The van der Waals surface area contributed by atoms with Crippen molar-refractivity contribution in [2.75, 3.05) is 0 Å². The van der Waals surface area contributed by atoms with Crippen LogP contribution in [0.1, 0.15) is 55.6 Å². The van der Waals surface area contributed by atoms with Crippen molar-refractivity contribution in [1.29, 1.82) is 31.6 Å². The molecule has 0 saturated heterocycles. The van der Waals surface area contributed by atoms with Gasteiger partial charge in [0, 0.05) is 21.5 Å². The molecule has 8 heteroatoms. The summed E-state index contributed by atoms with van der Waals surface area (Å²) in [5.41, 5.74) is 9.12. The summed E-state index contributed by atoms with van der Waals surface area (Å²) >= 11 is 0. The maximum absolute atomic E-state index is 10.2. The topological polar surface area (TPSA) is 153 Å². The Morgan fingerprint density at radius 2 is 0.562 bits per heavy atom. The Hall–Kier alpha value is -7.36. The molecule has 48 heavy (non-hydrogen) atoms. The van der Waals surface area contributed by atoms with Crippen LogP contribution >= 0.6 is 0 Å². The zero-order valence-corrected chi connectivity index (χ0v) is 26.4. The van der Waals surface area contributed by atoms with Crippen LogP contribution in [0.2, 0.25) is 0 Å². The van der Waals surface area contributed by atoms with E-state index in [9.17, 15) is 31.6 Å². The van der Waals surface area contributed by atoms with Crippen LogP contribution in [0.15, 0.2) is 60.7 Å². The Bertz CT molecular complexity index is 2540. The second-order valence-corrected chi connectivity index (χ2v) is 12.0. The summed E-state index contributed by atoms with van der Waals surface area (Å²) in [6.45, 7) is 7.50. The molecule has 0 unspecified atom stereocenters. The summed E-state index contributed by atoms with van der Waals surface area (Å²) in [5, 5.41) is 64.0. The van der Waals surface area contributed by atoms with E-state index >= 15 is 0 Å². The third-order valence-electron chi connectivity index (χ3n) is 9.23. The first-order valence-electron chi connectivity index (χ1n) is 15.0. The largest absolute Gasteiger partial charge is 0.307 e. The molecule has 0 aliphatic rings. The summed E-state index contributed by atoms with van der Waals surface area (Å²) in [7, 11) is 0. The Balaban J connectivity index is 1.77. The molecular weight excluding hydrogens is 592 g/mol. The molecule has 8 nitrogen and oxygen atoms in total. The molecule has 0 atom stereocenters. The van der Waals surface area contributed by atoms with E-state index in [4.69, 9.17) is 0 Å². The second kappa shape index (κ2) is 10.6. The van der Waals surface area contributed by atoms with Gasteiger partial charge in [-0.15, -0.1) is 0 Å². The quantitative estimate of drug-likeness (QED) is 0.191. The van der Waals surface area contributed by atoms with Gasteiger partial charge in [0.2, 0.25) is 0 Å². The highest BCUT2D eigenvalue weighted by atomic mass is 15.1.